The van der Waals surface area contributed by atoms with E-state index in [9.17, 15) is 13.5 Å². The quantitative estimate of drug-likeness (QED) is 0.383. The highest BCUT2D eigenvalue weighted by Crippen LogP contribution is 2.20. The molecule has 0 aliphatic rings. The molecule has 0 unspecified atom stereocenters. The van der Waals surface area contributed by atoms with Crippen molar-refractivity contribution in [3.8, 4) is 11.3 Å². The standard InChI is InChI=1S/C17H18N6O3S2/c1-27-17-22-8-13(10-24)16(23-17)21-6-11-2-3-15(20-5-11)12-4-14(9-19-7-12)28(18,25)26/h2-5,7-9,24H,6,10H2,1H3,(H2,18,25,26)(H,21,22,23). The molecule has 28 heavy (non-hydrogen) atoms. The molecule has 0 amide bonds. The minimum atomic E-state index is -3.83. The number of nitrogens with one attached hydrogen (secondary N) is 1. The zero-order chi connectivity index (χ0) is 20.1. The lowest BCUT2D eigenvalue weighted by atomic mass is 10.1. The molecule has 0 saturated carbocycles. The van der Waals surface area contributed by atoms with Crippen LogP contribution < -0.4 is 10.5 Å². The van der Waals surface area contributed by atoms with Crippen molar-refractivity contribution >= 4 is 27.6 Å². The van der Waals surface area contributed by atoms with Gasteiger partial charge in [-0.1, -0.05) is 17.8 Å². The molecule has 0 saturated heterocycles. The number of nitrogens with two attached hydrogens (primary N) is 1. The van der Waals surface area contributed by atoms with Crippen molar-refractivity contribution in [2.75, 3.05) is 11.6 Å². The van der Waals surface area contributed by atoms with Crippen molar-refractivity contribution in [2.24, 2.45) is 5.14 Å². The first kappa shape index (κ1) is 20.1. The van der Waals surface area contributed by atoms with Gasteiger partial charge in [0.15, 0.2) is 5.16 Å². The Labute approximate surface area is 166 Å². The summed E-state index contributed by atoms with van der Waals surface area (Å²) in [6, 6.07) is 5.05. The smallest absolute Gasteiger partial charge is 0.239 e. The zero-order valence-electron chi connectivity index (χ0n) is 14.9. The second-order valence-electron chi connectivity index (χ2n) is 5.75. The summed E-state index contributed by atoms with van der Waals surface area (Å²) in [5.74, 6) is 0.566. The maximum Gasteiger partial charge on any atom is 0.239 e. The molecule has 3 rings (SSSR count). The molecule has 0 bridgehead atoms. The highest BCUT2D eigenvalue weighted by molar-refractivity contribution is 7.98. The summed E-state index contributed by atoms with van der Waals surface area (Å²) in [7, 11) is -3.83. The van der Waals surface area contributed by atoms with Gasteiger partial charge in [0, 0.05) is 42.5 Å². The van der Waals surface area contributed by atoms with Crippen LogP contribution >= 0.6 is 11.8 Å². The molecule has 0 aliphatic carbocycles. The Bertz CT molecular complexity index is 1070. The Morgan fingerprint density at radius 2 is 2.00 bits per heavy atom. The highest BCUT2D eigenvalue weighted by Gasteiger charge is 2.11. The zero-order valence-corrected chi connectivity index (χ0v) is 16.5. The minimum Gasteiger partial charge on any atom is -0.391 e. The molecule has 0 aliphatic heterocycles. The molecule has 9 nitrogen and oxygen atoms in total. The third-order valence-electron chi connectivity index (χ3n) is 3.82. The number of anilines is 1. The van der Waals surface area contributed by atoms with Crippen LogP contribution in [0.5, 0.6) is 0 Å². The van der Waals surface area contributed by atoms with E-state index in [0.29, 0.717) is 34.3 Å². The lowest BCUT2D eigenvalue weighted by Crippen LogP contribution is -2.12. The van der Waals surface area contributed by atoms with E-state index in [1.54, 1.807) is 18.5 Å². The van der Waals surface area contributed by atoms with E-state index in [4.69, 9.17) is 5.14 Å². The monoisotopic (exact) mass is 418 g/mol. The van der Waals surface area contributed by atoms with Gasteiger partial charge in [-0.05, 0) is 24.0 Å². The number of thioether (sulfide) groups is 1. The van der Waals surface area contributed by atoms with Gasteiger partial charge in [-0.25, -0.2) is 23.5 Å². The van der Waals surface area contributed by atoms with Crippen LogP contribution in [0.4, 0.5) is 5.82 Å². The van der Waals surface area contributed by atoms with E-state index in [0.717, 1.165) is 5.56 Å². The first-order chi connectivity index (χ1) is 13.4. The number of pyridine rings is 2. The number of hydrogen-bond acceptors (Lipinski definition) is 9. The number of aliphatic hydroxyl groups is 1. The second kappa shape index (κ2) is 8.61. The van der Waals surface area contributed by atoms with Crippen LogP contribution in [0.1, 0.15) is 11.1 Å². The topological polar surface area (TPSA) is 144 Å². The molecule has 3 aromatic heterocycles. The molecule has 0 spiro atoms. The van der Waals surface area contributed by atoms with Crippen molar-refractivity contribution in [3.05, 3.63) is 54.1 Å². The first-order valence-corrected chi connectivity index (χ1v) is 10.9. The largest absolute Gasteiger partial charge is 0.391 e. The van der Waals surface area contributed by atoms with Crippen LogP contribution in [-0.4, -0.2) is 39.7 Å². The summed E-state index contributed by atoms with van der Waals surface area (Å²) in [5, 5.41) is 18.3. The molecular weight excluding hydrogens is 400 g/mol. The van der Waals surface area contributed by atoms with Crippen molar-refractivity contribution in [2.45, 2.75) is 23.2 Å². The Morgan fingerprint density at radius 1 is 1.18 bits per heavy atom. The van der Waals surface area contributed by atoms with Crippen molar-refractivity contribution in [1.82, 2.24) is 19.9 Å². The van der Waals surface area contributed by atoms with E-state index >= 15 is 0 Å². The van der Waals surface area contributed by atoms with Gasteiger partial charge in [-0.3, -0.25) is 9.97 Å². The Hall–Kier alpha value is -2.60. The number of primary sulfonamides is 1. The fourth-order valence-corrected chi connectivity index (χ4v) is 3.20. The van der Waals surface area contributed by atoms with Gasteiger partial charge in [0.25, 0.3) is 0 Å². The van der Waals surface area contributed by atoms with Gasteiger partial charge >= 0.3 is 0 Å². The van der Waals surface area contributed by atoms with Gasteiger partial charge < -0.3 is 10.4 Å². The predicted molar refractivity (Wildman–Crippen MR) is 106 cm³/mol. The number of aromatic nitrogens is 4. The Balaban J connectivity index is 1.76. The summed E-state index contributed by atoms with van der Waals surface area (Å²) in [5.41, 5.74) is 2.61. The summed E-state index contributed by atoms with van der Waals surface area (Å²) in [4.78, 5) is 16.7. The fraction of sp³-hybridized carbons (Fsp3) is 0.176. The van der Waals surface area contributed by atoms with Gasteiger partial charge in [0.2, 0.25) is 10.0 Å². The third kappa shape index (κ3) is 4.81. The minimum absolute atomic E-state index is 0.0672. The Kier molecular flexibility index (Phi) is 6.19. The lowest BCUT2D eigenvalue weighted by molar-refractivity contribution is 0.281. The van der Waals surface area contributed by atoms with E-state index < -0.39 is 10.0 Å². The predicted octanol–water partition coefficient (Wildman–Crippen LogP) is 1.41. The van der Waals surface area contributed by atoms with E-state index in [1.807, 2.05) is 12.3 Å². The summed E-state index contributed by atoms with van der Waals surface area (Å²) in [6.07, 6.45) is 7.85. The summed E-state index contributed by atoms with van der Waals surface area (Å²) in [6.45, 7) is 0.280. The normalized spacial score (nSPS) is 11.4. The molecule has 0 radical (unpaired) electrons. The van der Waals surface area contributed by atoms with Gasteiger partial charge in [-0.15, -0.1) is 0 Å². The number of rotatable bonds is 7. The first-order valence-electron chi connectivity index (χ1n) is 8.08. The van der Waals surface area contributed by atoms with Crippen LogP contribution in [0.3, 0.4) is 0 Å². The van der Waals surface area contributed by atoms with Crippen molar-refractivity contribution in [3.63, 3.8) is 0 Å². The lowest BCUT2D eigenvalue weighted by Gasteiger charge is -2.10. The third-order valence-corrected chi connectivity index (χ3v) is 5.26. The molecule has 146 valence electrons. The number of nitrogens with zero attached hydrogens (tertiary/aromatic N) is 4. The van der Waals surface area contributed by atoms with Crippen molar-refractivity contribution in [1.29, 1.82) is 0 Å². The van der Waals surface area contributed by atoms with E-state index in [1.165, 1.54) is 30.2 Å². The fourth-order valence-electron chi connectivity index (χ4n) is 2.36. The van der Waals surface area contributed by atoms with Gasteiger partial charge in [0.05, 0.1) is 12.3 Å². The molecule has 0 atom stereocenters. The molecule has 11 heteroatoms. The SMILES string of the molecule is CSc1ncc(CO)c(NCc2ccc(-c3cncc(S(N)(=O)=O)c3)nc2)n1. The maximum atomic E-state index is 11.5. The summed E-state index contributed by atoms with van der Waals surface area (Å²) < 4.78 is 22.9. The molecule has 4 N–H and O–H groups in total. The molecular formula is C17H18N6O3S2. The van der Waals surface area contributed by atoms with Gasteiger partial charge in [0.1, 0.15) is 10.7 Å². The average molecular weight is 419 g/mol. The molecule has 0 aromatic carbocycles. The van der Waals surface area contributed by atoms with Crippen LogP contribution in [0, 0.1) is 0 Å². The van der Waals surface area contributed by atoms with Crippen LogP contribution in [0.2, 0.25) is 0 Å². The second-order valence-corrected chi connectivity index (χ2v) is 8.08. The maximum absolute atomic E-state index is 11.5. The Morgan fingerprint density at radius 3 is 2.64 bits per heavy atom. The molecule has 0 fully saturated rings. The van der Waals surface area contributed by atoms with Crippen molar-refractivity contribution < 1.29 is 13.5 Å². The van der Waals surface area contributed by atoms with Gasteiger partial charge in [-0.2, -0.15) is 0 Å². The number of sulfonamides is 1. The van der Waals surface area contributed by atoms with Crippen LogP contribution in [-0.2, 0) is 23.2 Å². The average Bonchev–Trinajstić information content (AvgIpc) is 2.72. The summed E-state index contributed by atoms with van der Waals surface area (Å²) >= 11 is 1.41. The number of aliphatic hydroxyl groups excluding tert-OH is 1. The van der Waals surface area contributed by atoms with E-state index in [-0.39, 0.29) is 11.5 Å². The van der Waals surface area contributed by atoms with Crippen LogP contribution in [0.15, 0.2) is 53.0 Å². The molecule has 3 heterocycles. The highest BCUT2D eigenvalue weighted by atomic mass is 32.2. The van der Waals surface area contributed by atoms with Crippen LogP contribution in [0.25, 0.3) is 11.3 Å². The molecule has 3 aromatic rings. The van der Waals surface area contributed by atoms with E-state index in [2.05, 4.69) is 25.3 Å². The number of hydrogen-bond donors (Lipinski definition) is 3.